The number of ether oxygens (including phenoxy) is 2. The SMILES string of the molecule is CCCCCCOc1ccc(C(=O)Nc2ccccc2OCC)cc1. The van der Waals surface area contributed by atoms with Crippen LogP contribution in [0.5, 0.6) is 11.5 Å². The van der Waals surface area contributed by atoms with Crippen LogP contribution in [0.15, 0.2) is 48.5 Å². The summed E-state index contributed by atoms with van der Waals surface area (Å²) in [7, 11) is 0. The predicted molar refractivity (Wildman–Crippen MR) is 102 cm³/mol. The van der Waals surface area contributed by atoms with Crippen molar-refractivity contribution in [2.75, 3.05) is 18.5 Å². The Bertz CT molecular complexity index is 652. The molecule has 0 saturated carbocycles. The second-order valence-corrected chi connectivity index (χ2v) is 5.82. The van der Waals surface area contributed by atoms with Crippen LogP contribution in [-0.2, 0) is 0 Å². The number of nitrogens with one attached hydrogen (secondary N) is 1. The lowest BCUT2D eigenvalue weighted by Crippen LogP contribution is -2.12. The maximum Gasteiger partial charge on any atom is 0.255 e. The molecule has 4 heteroatoms. The highest BCUT2D eigenvalue weighted by molar-refractivity contribution is 6.05. The van der Waals surface area contributed by atoms with Gasteiger partial charge in [-0.15, -0.1) is 0 Å². The third-order valence-electron chi connectivity index (χ3n) is 3.82. The fraction of sp³-hybridized carbons (Fsp3) is 0.381. The summed E-state index contributed by atoms with van der Waals surface area (Å²) in [6.45, 7) is 5.38. The molecule has 0 bridgehead atoms. The summed E-state index contributed by atoms with van der Waals surface area (Å²) in [6.07, 6.45) is 4.71. The molecule has 0 spiro atoms. The zero-order valence-electron chi connectivity index (χ0n) is 15.1. The molecule has 0 aliphatic carbocycles. The van der Waals surface area contributed by atoms with Gasteiger partial charge in [0.25, 0.3) is 5.91 Å². The van der Waals surface area contributed by atoms with Crippen LogP contribution < -0.4 is 14.8 Å². The van der Waals surface area contributed by atoms with E-state index in [1.54, 1.807) is 12.1 Å². The smallest absolute Gasteiger partial charge is 0.255 e. The quantitative estimate of drug-likeness (QED) is 0.597. The Morgan fingerprint density at radius 3 is 2.40 bits per heavy atom. The third kappa shape index (κ3) is 6.14. The number of rotatable bonds is 10. The number of benzene rings is 2. The molecule has 1 N–H and O–H groups in total. The topological polar surface area (TPSA) is 47.6 Å². The highest BCUT2D eigenvalue weighted by atomic mass is 16.5. The van der Waals surface area contributed by atoms with Crippen molar-refractivity contribution in [1.29, 1.82) is 0 Å². The predicted octanol–water partition coefficient (Wildman–Crippen LogP) is 5.30. The molecular weight excluding hydrogens is 314 g/mol. The van der Waals surface area contributed by atoms with Gasteiger partial charge in [0.1, 0.15) is 11.5 Å². The summed E-state index contributed by atoms with van der Waals surface area (Å²) in [6, 6.07) is 14.7. The number of anilines is 1. The van der Waals surface area contributed by atoms with E-state index in [0.717, 1.165) is 12.2 Å². The maximum absolute atomic E-state index is 12.4. The van der Waals surface area contributed by atoms with Crippen molar-refractivity contribution in [3.05, 3.63) is 54.1 Å². The molecule has 0 atom stereocenters. The molecule has 0 aromatic heterocycles. The van der Waals surface area contributed by atoms with Gasteiger partial charge in [0, 0.05) is 5.56 Å². The molecule has 0 heterocycles. The van der Waals surface area contributed by atoms with E-state index >= 15 is 0 Å². The molecule has 0 fully saturated rings. The summed E-state index contributed by atoms with van der Waals surface area (Å²) in [4.78, 5) is 12.4. The zero-order chi connectivity index (χ0) is 17.9. The van der Waals surface area contributed by atoms with E-state index in [2.05, 4.69) is 12.2 Å². The standard InChI is InChI=1S/C21H27NO3/c1-3-5-6-9-16-25-18-14-12-17(13-15-18)21(23)22-19-10-7-8-11-20(19)24-4-2/h7-8,10-15H,3-6,9,16H2,1-2H3,(H,22,23). The number of amides is 1. The third-order valence-corrected chi connectivity index (χ3v) is 3.82. The van der Waals surface area contributed by atoms with E-state index in [4.69, 9.17) is 9.47 Å². The summed E-state index contributed by atoms with van der Waals surface area (Å²) < 4.78 is 11.2. The molecule has 0 aliphatic heterocycles. The minimum absolute atomic E-state index is 0.165. The first-order valence-corrected chi connectivity index (χ1v) is 9.00. The zero-order valence-corrected chi connectivity index (χ0v) is 15.1. The van der Waals surface area contributed by atoms with Crippen LogP contribution in [0.4, 0.5) is 5.69 Å². The first kappa shape index (κ1) is 18.8. The van der Waals surface area contributed by atoms with E-state index in [1.807, 2.05) is 43.3 Å². The molecule has 0 unspecified atom stereocenters. The van der Waals surface area contributed by atoms with Crippen molar-refractivity contribution in [2.24, 2.45) is 0 Å². The van der Waals surface area contributed by atoms with E-state index in [-0.39, 0.29) is 5.91 Å². The van der Waals surface area contributed by atoms with Crippen molar-refractivity contribution >= 4 is 11.6 Å². The molecule has 134 valence electrons. The summed E-state index contributed by atoms with van der Waals surface area (Å²) in [5, 5.41) is 2.89. The fourth-order valence-electron chi connectivity index (χ4n) is 2.47. The lowest BCUT2D eigenvalue weighted by Gasteiger charge is -2.11. The van der Waals surface area contributed by atoms with Gasteiger partial charge in [-0.25, -0.2) is 0 Å². The minimum atomic E-state index is -0.165. The number of carbonyl (C=O) groups excluding carboxylic acids is 1. The molecule has 4 nitrogen and oxygen atoms in total. The number of para-hydroxylation sites is 2. The van der Waals surface area contributed by atoms with E-state index in [1.165, 1.54) is 19.3 Å². The second kappa shape index (κ2) is 10.4. The average Bonchev–Trinajstić information content (AvgIpc) is 2.64. The largest absolute Gasteiger partial charge is 0.494 e. The van der Waals surface area contributed by atoms with Gasteiger partial charge in [0.05, 0.1) is 18.9 Å². The molecule has 2 aromatic carbocycles. The highest BCUT2D eigenvalue weighted by Gasteiger charge is 2.09. The van der Waals surface area contributed by atoms with Crippen molar-refractivity contribution in [3.63, 3.8) is 0 Å². The molecule has 0 saturated heterocycles. The van der Waals surface area contributed by atoms with Crippen molar-refractivity contribution < 1.29 is 14.3 Å². The first-order valence-electron chi connectivity index (χ1n) is 9.00. The van der Waals surface area contributed by atoms with Crippen LogP contribution in [0.1, 0.15) is 49.9 Å². The molecule has 2 rings (SSSR count). The fourth-order valence-corrected chi connectivity index (χ4v) is 2.47. The summed E-state index contributed by atoms with van der Waals surface area (Å²) in [5.41, 5.74) is 1.26. The Morgan fingerprint density at radius 1 is 0.920 bits per heavy atom. The van der Waals surface area contributed by atoms with Crippen LogP contribution in [0.3, 0.4) is 0 Å². The van der Waals surface area contributed by atoms with Crippen molar-refractivity contribution in [3.8, 4) is 11.5 Å². The Labute approximate surface area is 150 Å². The molecule has 0 aliphatic rings. The van der Waals surface area contributed by atoms with Gasteiger partial charge >= 0.3 is 0 Å². The van der Waals surface area contributed by atoms with Crippen molar-refractivity contribution in [1.82, 2.24) is 0 Å². The molecular formula is C21H27NO3. The molecule has 2 aromatic rings. The molecule has 25 heavy (non-hydrogen) atoms. The summed E-state index contributed by atoms with van der Waals surface area (Å²) >= 11 is 0. The minimum Gasteiger partial charge on any atom is -0.494 e. The van der Waals surface area contributed by atoms with Crippen LogP contribution >= 0.6 is 0 Å². The normalized spacial score (nSPS) is 10.3. The van der Waals surface area contributed by atoms with Gasteiger partial charge in [0.15, 0.2) is 0 Å². The van der Waals surface area contributed by atoms with Gasteiger partial charge in [-0.05, 0) is 49.7 Å². The van der Waals surface area contributed by atoms with Crippen LogP contribution in [0, 0.1) is 0 Å². The Kier molecular flexibility index (Phi) is 7.83. The van der Waals surface area contributed by atoms with Gasteiger partial charge in [-0.2, -0.15) is 0 Å². The van der Waals surface area contributed by atoms with Gasteiger partial charge < -0.3 is 14.8 Å². The van der Waals surface area contributed by atoms with Crippen LogP contribution in [0.2, 0.25) is 0 Å². The van der Waals surface area contributed by atoms with E-state index < -0.39 is 0 Å². The Morgan fingerprint density at radius 2 is 1.68 bits per heavy atom. The highest BCUT2D eigenvalue weighted by Crippen LogP contribution is 2.24. The average molecular weight is 341 g/mol. The number of unbranched alkanes of at least 4 members (excludes halogenated alkanes) is 3. The van der Waals surface area contributed by atoms with Gasteiger partial charge in [-0.1, -0.05) is 38.3 Å². The molecule has 0 radical (unpaired) electrons. The molecule has 1 amide bonds. The lowest BCUT2D eigenvalue weighted by atomic mass is 10.2. The number of carbonyl (C=O) groups is 1. The van der Waals surface area contributed by atoms with Crippen molar-refractivity contribution in [2.45, 2.75) is 39.5 Å². The number of hydrogen-bond donors (Lipinski definition) is 1. The van der Waals surface area contributed by atoms with Crippen LogP contribution in [0.25, 0.3) is 0 Å². The second-order valence-electron chi connectivity index (χ2n) is 5.82. The van der Waals surface area contributed by atoms with Crippen LogP contribution in [-0.4, -0.2) is 19.1 Å². The van der Waals surface area contributed by atoms with Gasteiger partial charge in [0.2, 0.25) is 0 Å². The first-order chi connectivity index (χ1) is 12.2. The monoisotopic (exact) mass is 341 g/mol. The van der Waals surface area contributed by atoms with E-state index in [9.17, 15) is 4.79 Å². The number of hydrogen-bond acceptors (Lipinski definition) is 3. The lowest BCUT2D eigenvalue weighted by molar-refractivity contribution is 0.102. The van der Waals surface area contributed by atoms with Gasteiger partial charge in [-0.3, -0.25) is 4.79 Å². The Balaban J connectivity index is 1.90. The summed E-state index contributed by atoms with van der Waals surface area (Å²) in [5.74, 6) is 1.30. The maximum atomic E-state index is 12.4. The van der Waals surface area contributed by atoms with E-state index in [0.29, 0.717) is 30.2 Å². The Hall–Kier alpha value is -2.49.